The van der Waals surface area contributed by atoms with Gasteiger partial charge in [-0.05, 0) is 50.2 Å². The van der Waals surface area contributed by atoms with Crippen LogP contribution in [0.25, 0.3) is 22.3 Å². The van der Waals surface area contributed by atoms with Crippen molar-refractivity contribution >= 4 is 16.9 Å². The monoisotopic (exact) mass is 502 g/mol. The van der Waals surface area contributed by atoms with Crippen LogP contribution in [0.3, 0.4) is 0 Å². The Morgan fingerprint density at radius 3 is 2.49 bits per heavy atom. The quantitative estimate of drug-likeness (QED) is 0.316. The lowest BCUT2D eigenvalue weighted by Gasteiger charge is -2.16. The first-order chi connectivity index (χ1) is 17.7. The molecule has 3 N–H and O–H groups in total. The summed E-state index contributed by atoms with van der Waals surface area (Å²) >= 11 is 0. The molecule has 3 aromatic heterocycles. The molecule has 9 nitrogen and oxygen atoms in total. The molecule has 0 amide bonds. The zero-order valence-electron chi connectivity index (χ0n) is 20.7. The Balaban J connectivity index is 1.38. The molecule has 10 heteroatoms. The molecule has 0 saturated carbocycles. The minimum absolute atomic E-state index is 0.231. The van der Waals surface area contributed by atoms with E-state index in [0.717, 1.165) is 11.3 Å². The summed E-state index contributed by atoms with van der Waals surface area (Å²) in [6.45, 7) is 3.93. The molecule has 0 radical (unpaired) electrons. The average molecular weight is 503 g/mol. The van der Waals surface area contributed by atoms with E-state index in [4.69, 9.17) is 15.2 Å². The molecule has 0 atom stereocenters. The van der Waals surface area contributed by atoms with Gasteiger partial charge in [0.15, 0.2) is 5.65 Å². The first-order valence-corrected chi connectivity index (χ1v) is 11.7. The van der Waals surface area contributed by atoms with Crippen molar-refractivity contribution < 1.29 is 19.0 Å². The first-order valence-electron chi connectivity index (χ1n) is 11.7. The molecule has 0 bridgehead atoms. The Morgan fingerprint density at radius 2 is 1.78 bits per heavy atom. The van der Waals surface area contributed by atoms with E-state index in [1.807, 2.05) is 42.1 Å². The number of anilines is 1. The molecule has 0 aliphatic rings. The molecule has 37 heavy (non-hydrogen) atoms. The number of ether oxygens (including phenoxy) is 2. The number of rotatable bonds is 8. The first kappa shape index (κ1) is 24.3. The average Bonchev–Trinajstić information content (AvgIpc) is 3.41. The van der Waals surface area contributed by atoms with Gasteiger partial charge in [-0.1, -0.05) is 0 Å². The van der Waals surface area contributed by atoms with Crippen LogP contribution >= 0.6 is 0 Å². The number of nitrogen functional groups attached to an aromatic ring is 1. The highest BCUT2D eigenvalue weighted by Gasteiger charge is 2.21. The molecule has 0 unspecified atom stereocenters. The zero-order valence-corrected chi connectivity index (χ0v) is 20.7. The van der Waals surface area contributed by atoms with Gasteiger partial charge in [0.25, 0.3) is 0 Å². The van der Waals surface area contributed by atoms with Gasteiger partial charge >= 0.3 is 0 Å². The van der Waals surface area contributed by atoms with Crippen LogP contribution in [0.4, 0.5) is 10.2 Å². The molecule has 0 aliphatic carbocycles. The van der Waals surface area contributed by atoms with Crippen molar-refractivity contribution in [3.05, 3.63) is 78.6 Å². The topological polar surface area (TPSA) is 113 Å². The number of aryl methyl sites for hydroxylation is 1. The maximum absolute atomic E-state index is 14.2. The van der Waals surface area contributed by atoms with E-state index >= 15 is 0 Å². The summed E-state index contributed by atoms with van der Waals surface area (Å²) in [6.07, 6.45) is 3.29. The van der Waals surface area contributed by atoms with Crippen LogP contribution in [0, 0.1) is 5.82 Å². The lowest BCUT2D eigenvalue weighted by molar-refractivity contribution is 0.0590. The van der Waals surface area contributed by atoms with E-state index in [9.17, 15) is 9.50 Å². The number of hydrogen-bond acceptors (Lipinski definition) is 7. The van der Waals surface area contributed by atoms with Crippen molar-refractivity contribution in [1.29, 1.82) is 0 Å². The number of nitrogens with two attached hydrogens (primary N) is 1. The second kappa shape index (κ2) is 9.55. The summed E-state index contributed by atoms with van der Waals surface area (Å²) in [5.41, 5.74) is 8.01. The minimum Gasteiger partial charge on any atom is -0.487 e. The minimum atomic E-state index is -0.998. The lowest BCUT2D eigenvalue weighted by atomic mass is 10.1. The number of benzene rings is 2. The van der Waals surface area contributed by atoms with Gasteiger partial charge in [-0.25, -0.2) is 19.0 Å². The Kier molecular flexibility index (Phi) is 6.26. The van der Waals surface area contributed by atoms with Crippen molar-refractivity contribution in [3.63, 3.8) is 0 Å². The van der Waals surface area contributed by atoms with Crippen LogP contribution in [0.2, 0.25) is 0 Å². The fraction of sp³-hybridized carbons (Fsp3) is 0.222. The van der Waals surface area contributed by atoms with E-state index in [1.54, 1.807) is 36.7 Å². The lowest BCUT2D eigenvalue weighted by Crippen LogP contribution is -2.26. The fourth-order valence-electron chi connectivity index (χ4n) is 4.01. The summed E-state index contributed by atoms with van der Waals surface area (Å²) in [7, 11) is 1.92. The summed E-state index contributed by atoms with van der Waals surface area (Å²) < 4.78 is 29.5. The molecule has 5 aromatic rings. The molecule has 190 valence electrons. The Morgan fingerprint density at radius 1 is 1.03 bits per heavy atom. The van der Waals surface area contributed by atoms with Crippen molar-refractivity contribution in [3.8, 4) is 28.5 Å². The second-order valence-electron chi connectivity index (χ2n) is 9.42. The third-order valence-corrected chi connectivity index (χ3v) is 5.74. The van der Waals surface area contributed by atoms with Crippen molar-refractivity contribution in [2.24, 2.45) is 7.05 Å². The molecule has 0 spiro atoms. The van der Waals surface area contributed by atoms with E-state index in [0.29, 0.717) is 46.4 Å². The van der Waals surface area contributed by atoms with Crippen molar-refractivity contribution in [2.75, 3.05) is 5.73 Å². The smallest absolute Gasteiger partial charge is 0.164 e. The van der Waals surface area contributed by atoms with Crippen LogP contribution in [0.15, 0.2) is 67.1 Å². The Bertz CT molecular complexity index is 1550. The van der Waals surface area contributed by atoms with E-state index in [1.165, 1.54) is 18.5 Å². The molecule has 5 rings (SSSR count). The highest BCUT2D eigenvalue weighted by molar-refractivity contribution is 5.98. The third kappa shape index (κ3) is 5.39. The normalized spacial score (nSPS) is 11.7. The van der Waals surface area contributed by atoms with Gasteiger partial charge < -0.3 is 24.9 Å². The van der Waals surface area contributed by atoms with Gasteiger partial charge in [-0.15, -0.1) is 0 Å². The summed E-state index contributed by atoms with van der Waals surface area (Å²) in [6, 6.07) is 15.3. The Labute approximate surface area is 212 Å². The van der Waals surface area contributed by atoms with E-state index in [2.05, 4.69) is 15.1 Å². The highest BCUT2D eigenvalue weighted by atomic mass is 19.1. The van der Waals surface area contributed by atoms with Gasteiger partial charge in [0.2, 0.25) is 0 Å². The molecule has 0 aliphatic heterocycles. The molecule has 0 saturated heterocycles. The molecule has 3 heterocycles. The number of halogens is 1. The number of aromatic nitrogens is 5. The molecule has 2 aromatic carbocycles. The SMILES string of the molecule is Cn1cccc1COc1cc(F)cc(Oc2ccc(-c3nn(CC(C)(C)O)c4ncnc(N)c34)cc2)c1. The van der Waals surface area contributed by atoms with Gasteiger partial charge in [0, 0.05) is 37.0 Å². The summed E-state index contributed by atoms with van der Waals surface area (Å²) in [4.78, 5) is 8.43. The molecular weight excluding hydrogens is 475 g/mol. The maximum atomic E-state index is 14.2. The van der Waals surface area contributed by atoms with Crippen LogP contribution in [-0.2, 0) is 20.2 Å². The second-order valence-corrected chi connectivity index (χ2v) is 9.42. The molecule has 0 fully saturated rings. The van der Waals surface area contributed by atoms with Gasteiger partial charge in [-0.2, -0.15) is 5.10 Å². The van der Waals surface area contributed by atoms with E-state index in [-0.39, 0.29) is 6.54 Å². The zero-order chi connectivity index (χ0) is 26.2. The van der Waals surface area contributed by atoms with E-state index < -0.39 is 11.4 Å². The number of nitrogens with zero attached hydrogens (tertiary/aromatic N) is 5. The van der Waals surface area contributed by atoms with Crippen LogP contribution < -0.4 is 15.2 Å². The highest BCUT2D eigenvalue weighted by Crippen LogP contribution is 2.33. The Hall–Kier alpha value is -4.44. The fourth-order valence-corrected chi connectivity index (χ4v) is 4.01. The largest absolute Gasteiger partial charge is 0.487 e. The summed E-state index contributed by atoms with van der Waals surface area (Å²) in [5, 5.41) is 15.6. The van der Waals surface area contributed by atoms with Crippen LogP contribution in [0.1, 0.15) is 19.5 Å². The van der Waals surface area contributed by atoms with Crippen LogP contribution in [0.5, 0.6) is 17.2 Å². The number of aliphatic hydroxyl groups is 1. The predicted octanol–water partition coefficient (Wildman–Crippen LogP) is 4.70. The van der Waals surface area contributed by atoms with Gasteiger partial charge in [0.1, 0.15) is 47.5 Å². The van der Waals surface area contributed by atoms with Crippen molar-refractivity contribution in [1.82, 2.24) is 24.3 Å². The number of hydrogen-bond donors (Lipinski definition) is 2. The summed E-state index contributed by atoms with van der Waals surface area (Å²) in [5.74, 6) is 1.02. The third-order valence-electron chi connectivity index (χ3n) is 5.74. The molecular formula is C27H27FN6O3. The van der Waals surface area contributed by atoms with Crippen LogP contribution in [-0.4, -0.2) is 35.0 Å². The van der Waals surface area contributed by atoms with Gasteiger partial charge in [0.05, 0.1) is 23.2 Å². The standard InChI is InChI=1S/C27H27FN6O3/c1-27(2,35)15-34-26-23(25(29)30-16-31-26)24(32-34)17-6-8-20(9-7-17)37-22-12-18(28)11-21(13-22)36-14-19-5-4-10-33(19)3/h4-13,16,35H,14-15H2,1-3H3,(H2,29,30,31). The van der Waals surface area contributed by atoms with Crippen molar-refractivity contribution in [2.45, 2.75) is 32.6 Å². The maximum Gasteiger partial charge on any atom is 0.164 e. The van der Waals surface area contributed by atoms with Gasteiger partial charge in [-0.3, -0.25) is 0 Å². The predicted molar refractivity (Wildman–Crippen MR) is 138 cm³/mol. The number of fused-ring (bicyclic) bond motifs is 1.